The van der Waals surface area contributed by atoms with Crippen LogP contribution in [0.25, 0.3) is 10.8 Å². The normalized spacial score (nSPS) is 18.1. The minimum Gasteiger partial charge on any atom is -0.460 e. The van der Waals surface area contributed by atoms with Gasteiger partial charge in [0.1, 0.15) is 12.4 Å². The molecule has 5 heteroatoms. The molecule has 0 aromatic heterocycles. The molecular formula is C28H30O4S. The average Bonchev–Trinajstić information content (AvgIpc) is 3.18. The zero-order valence-corrected chi connectivity index (χ0v) is 19.8. The van der Waals surface area contributed by atoms with Crippen LogP contribution in [0.3, 0.4) is 0 Å². The van der Waals surface area contributed by atoms with E-state index in [1.165, 1.54) is 15.7 Å². The number of thioether (sulfide) groups is 1. The minimum absolute atomic E-state index is 0.00790. The molecule has 0 spiro atoms. The second-order valence-electron chi connectivity index (χ2n) is 8.68. The summed E-state index contributed by atoms with van der Waals surface area (Å²) in [6.45, 7) is 1.72. The smallest absolute Gasteiger partial charge is 0.338 e. The van der Waals surface area contributed by atoms with Crippen LogP contribution in [0.4, 0.5) is 0 Å². The first kappa shape index (κ1) is 23.5. The Balaban J connectivity index is 1.39. The summed E-state index contributed by atoms with van der Waals surface area (Å²) < 4.78 is 5.08. The molecule has 1 saturated carbocycles. The van der Waals surface area contributed by atoms with Crippen LogP contribution in [0.15, 0.2) is 65.6 Å². The number of aliphatic hydroxyl groups is 1. The highest BCUT2D eigenvalue weighted by Gasteiger charge is 2.35. The number of benzene rings is 3. The maximum absolute atomic E-state index is 12.7. The summed E-state index contributed by atoms with van der Waals surface area (Å²) in [5.41, 5.74) is 2.52. The Bertz CT molecular complexity index is 1130. The number of hydrogen-bond donors (Lipinski definition) is 1. The highest BCUT2D eigenvalue weighted by molar-refractivity contribution is 8.00. The van der Waals surface area contributed by atoms with Crippen molar-refractivity contribution < 1.29 is 19.4 Å². The summed E-state index contributed by atoms with van der Waals surface area (Å²) in [6.07, 6.45) is 4.44. The van der Waals surface area contributed by atoms with Gasteiger partial charge in [-0.05, 0) is 72.6 Å². The Morgan fingerprint density at radius 2 is 1.94 bits per heavy atom. The number of carbonyl (C=O) groups excluding carboxylic acids is 2. The second kappa shape index (κ2) is 11.0. The van der Waals surface area contributed by atoms with Gasteiger partial charge in [0, 0.05) is 11.3 Å². The van der Waals surface area contributed by atoms with E-state index < -0.39 is 5.97 Å². The van der Waals surface area contributed by atoms with Crippen LogP contribution in [0.2, 0.25) is 0 Å². The number of aliphatic hydroxyl groups excluding tert-OH is 1. The van der Waals surface area contributed by atoms with Gasteiger partial charge in [-0.15, -0.1) is 11.8 Å². The molecule has 0 radical (unpaired) electrons. The van der Waals surface area contributed by atoms with E-state index in [2.05, 4.69) is 42.5 Å². The zero-order chi connectivity index (χ0) is 23.2. The largest absolute Gasteiger partial charge is 0.460 e. The Hall–Kier alpha value is -2.63. The molecule has 1 fully saturated rings. The van der Waals surface area contributed by atoms with Gasteiger partial charge < -0.3 is 9.84 Å². The van der Waals surface area contributed by atoms with Crippen molar-refractivity contribution in [3.8, 4) is 0 Å². The van der Waals surface area contributed by atoms with Crippen molar-refractivity contribution in [2.75, 3.05) is 13.2 Å². The van der Waals surface area contributed by atoms with Crippen molar-refractivity contribution in [3.63, 3.8) is 0 Å². The molecule has 0 unspecified atom stereocenters. The summed E-state index contributed by atoms with van der Waals surface area (Å²) in [4.78, 5) is 26.1. The second-order valence-corrected chi connectivity index (χ2v) is 9.87. The first-order valence-electron chi connectivity index (χ1n) is 11.6. The molecule has 0 aliphatic heterocycles. The van der Waals surface area contributed by atoms with Gasteiger partial charge in [0.2, 0.25) is 0 Å². The van der Waals surface area contributed by atoms with Gasteiger partial charge in [0.05, 0.1) is 17.4 Å². The number of ether oxygens (including phenoxy) is 1. The first-order chi connectivity index (χ1) is 16.1. The van der Waals surface area contributed by atoms with E-state index in [4.69, 9.17) is 9.84 Å². The molecule has 3 aromatic carbocycles. The molecule has 0 heterocycles. The van der Waals surface area contributed by atoms with Gasteiger partial charge in [-0.1, -0.05) is 48.5 Å². The third kappa shape index (κ3) is 5.66. The van der Waals surface area contributed by atoms with Gasteiger partial charge >= 0.3 is 5.97 Å². The van der Waals surface area contributed by atoms with E-state index in [0.29, 0.717) is 23.7 Å². The number of esters is 1. The van der Waals surface area contributed by atoms with Crippen molar-refractivity contribution in [1.82, 2.24) is 0 Å². The molecule has 4 rings (SSSR count). The summed E-state index contributed by atoms with van der Waals surface area (Å²) in [5.74, 6) is 0.347. The molecule has 0 amide bonds. The van der Waals surface area contributed by atoms with Crippen molar-refractivity contribution in [3.05, 3.63) is 77.4 Å². The van der Waals surface area contributed by atoms with E-state index in [-0.39, 0.29) is 18.5 Å². The van der Waals surface area contributed by atoms with E-state index in [9.17, 15) is 9.59 Å². The van der Waals surface area contributed by atoms with Gasteiger partial charge in [-0.2, -0.15) is 0 Å². The summed E-state index contributed by atoms with van der Waals surface area (Å²) in [7, 11) is 0. The fourth-order valence-electron chi connectivity index (χ4n) is 4.61. The van der Waals surface area contributed by atoms with Crippen LogP contribution in [0, 0.1) is 12.8 Å². The molecule has 1 aliphatic carbocycles. The number of rotatable bonds is 9. The lowest BCUT2D eigenvalue weighted by Gasteiger charge is -2.19. The molecule has 0 bridgehead atoms. The molecule has 3 aromatic rings. The Morgan fingerprint density at radius 3 is 2.79 bits per heavy atom. The number of ketones is 1. The monoisotopic (exact) mass is 462 g/mol. The Kier molecular flexibility index (Phi) is 7.84. The highest BCUT2D eigenvalue weighted by Crippen LogP contribution is 2.41. The number of fused-ring (bicyclic) bond motifs is 1. The summed E-state index contributed by atoms with van der Waals surface area (Å²) in [5, 5.41) is 11.3. The van der Waals surface area contributed by atoms with Gasteiger partial charge in [-0.3, -0.25) is 4.79 Å². The molecule has 4 nitrogen and oxygen atoms in total. The Morgan fingerprint density at radius 1 is 1.12 bits per heavy atom. The van der Waals surface area contributed by atoms with Crippen molar-refractivity contribution in [2.24, 2.45) is 5.92 Å². The van der Waals surface area contributed by atoms with Crippen LogP contribution in [-0.4, -0.2) is 35.3 Å². The lowest BCUT2D eigenvalue weighted by atomic mass is 9.96. The molecular weight excluding hydrogens is 432 g/mol. The quantitative estimate of drug-likeness (QED) is 0.410. The molecule has 1 N–H and O–H groups in total. The maximum Gasteiger partial charge on any atom is 0.338 e. The summed E-state index contributed by atoms with van der Waals surface area (Å²) in [6, 6.07) is 20.6. The minimum atomic E-state index is -0.392. The van der Waals surface area contributed by atoms with Crippen molar-refractivity contribution in [1.29, 1.82) is 0 Å². The fourth-order valence-corrected chi connectivity index (χ4v) is 6.06. The average molecular weight is 463 g/mol. The van der Waals surface area contributed by atoms with Gasteiger partial charge in [0.25, 0.3) is 0 Å². The standard InChI is InChI=1S/C28H30O4S/c1-19-12-13-20(18-24(19)28(31)32-17-16-29)6-4-9-22-14-15-25(30)27(22)33-26-11-5-8-21-7-2-3-10-23(21)26/h2-3,5,7-8,10-13,18,22,27,29H,4,6,9,14-17H2,1H3/t22-,27+/m0/s1. The number of Topliss-reactive ketones (excluding diaryl/α,β-unsaturated/α-hetero) is 1. The lowest BCUT2D eigenvalue weighted by molar-refractivity contribution is -0.117. The molecule has 33 heavy (non-hydrogen) atoms. The zero-order valence-electron chi connectivity index (χ0n) is 19.0. The predicted octanol–water partition coefficient (Wildman–Crippen LogP) is 5.76. The van der Waals surface area contributed by atoms with Gasteiger partial charge in [-0.25, -0.2) is 4.79 Å². The summed E-state index contributed by atoms with van der Waals surface area (Å²) >= 11 is 1.73. The van der Waals surface area contributed by atoms with E-state index >= 15 is 0 Å². The fraction of sp³-hybridized carbons (Fsp3) is 0.357. The molecule has 172 valence electrons. The maximum atomic E-state index is 12.7. The lowest BCUT2D eigenvalue weighted by Crippen LogP contribution is -2.17. The van der Waals surface area contributed by atoms with Crippen molar-refractivity contribution in [2.45, 2.75) is 49.2 Å². The predicted molar refractivity (Wildman–Crippen MR) is 133 cm³/mol. The third-order valence-electron chi connectivity index (χ3n) is 6.40. The van der Waals surface area contributed by atoms with E-state index in [1.807, 2.05) is 25.1 Å². The number of hydrogen-bond acceptors (Lipinski definition) is 5. The molecule has 1 aliphatic rings. The number of carbonyl (C=O) groups is 2. The van der Waals surface area contributed by atoms with Crippen LogP contribution in [0.5, 0.6) is 0 Å². The van der Waals surface area contributed by atoms with Crippen LogP contribution in [0.1, 0.15) is 47.2 Å². The van der Waals surface area contributed by atoms with Crippen LogP contribution in [-0.2, 0) is 16.0 Å². The van der Waals surface area contributed by atoms with Gasteiger partial charge in [0.15, 0.2) is 0 Å². The van der Waals surface area contributed by atoms with Crippen molar-refractivity contribution >= 4 is 34.3 Å². The third-order valence-corrected chi connectivity index (χ3v) is 7.91. The highest BCUT2D eigenvalue weighted by atomic mass is 32.2. The number of aryl methyl sites for hydroxylation is 2. The SMILES string of the molecule is Cc1ccc(CCC[C@H]2CCC(=O)[C@@H]2Sc2cccc3ccccc23)cc1C(=O)OCCO. The van der Waals surface area contributed by atoms with Crippen LogP contribution >= 0.6 is 11.8 Å². The first-order valence-corrected chi connectivity index (χ1v) is 12.5. The Labute approximate surface area is 199 Å². The van der Waals surface area contributed by atoms with E-state index in [1.54, 1.807) is 11.8 Å². The van der Waals surface area contributed by atoms with Crippen LogP contribution < -0.4 is 0 Å². The topological polar surface area (TPSA) is 63.6 Å². The van der Waals surface area contributed by atoms with E-state index in [0.717, 1.165) is 36.8 Å². The molecule has 0 saturated heterocycles. The molecule has 2 atom stereocenters.